The van der Waals surface area contributed by atoms with Gasteiger partial charge in [0.25, 0.3) is 0 Å². The number of aromatic amines is 1. The predicted molar refractivity (Wildman–Crippen MR) is 154 cm³/mol. The van der Waals surface area contributed by atoms with Crippen molar-refractivity contribution in [2.24, 2.45) is 0 Å². The van der Waals surface area contributed by atoms with Crippen LogP contribution in [0.5, 0.6) is 11.8 Å². The van der Waals surface area contributed by atoms with Crippen molar-refractivity contribution in [1.82, 2.24) is 15.0 Å². The first-order valence-corrected chi connectivity index (χ1v) is 11.9. The molecule has 0 saturated carbocycles. The number of carbonyl (C=O) groups is 3. The number of carboxylic acid groups (broad SMARTS) is 1. The molecule has 0 amide bonds. The van der Waals surface area contributed by atoms with E-state index in [1.54, 1.807) is 24.3 Å². The van der Waals surface area contributed by atoms with Crippen LogP contribution in [0.1, 0.15) is 31.1 Å². The molecule has 0 atom stereocenters. The van der Waals surface area contributed by atoms with E-state index in [-0.39, 0.29) is 17.7 Å². The zero-order chi connectivity index (χ0) is 31.8. The zero-order valence-electron chi connectivity index (χ0n) is 23.2. The van der Waals surface area contributed by atoms with Gasteiger partial charge in [-0.3, -0.25) is 4.79 Å². The smallest absolute Gasteiger partial charge is 0.339 e. The largest absolute Gasteiger partial charge is 0.478 e. The van der Waals surface area contributed by atoms with Crippen molar-refractivity contribution in [2.45, 2.75) is 0 Å². The summed E-state index contributed by atoms with van der Waals surface area (Å²) < 4.78 is 19.1. The fourth-order valence-corrected chi connectivity index (χ4v) is 2.24. The van der Waals surface area contributed by atoms with Gasteiger partial charge in [-0.25, -0.2) is 24.4 Å². The molecule has 0 bridgehead atoms. The van der Waals surface area contributed by atoms with Crippen LogP contribution in [-0.2, 0) is 9.47 Å². The molecule has 3 aromatic heterocycles. The molecular formula is C29H33N3O10. The summed E-state index contributed by atoms with van der Waals surface area (Å²) in [6.45, 7) is 11.0. The van der Waals surface area contributed by atoms with Crippen LogP contribution in [0.2, 0.25) is 0 Å². The minimum absolute atomic E-state index is 0.0833. The molecule has 3 N–H and O–H groups in total. The molecule has 0 saturated heterocycles. The number of nitrogens with one attached hydrogen (secondary N) is 1. The van der Waals surface area contributed by atoms with E-state index in [0.29, 0.717) is 36.1 Å². The number of aromatic nitrogens is 3. The van der Waals surface area contributed by atoms with E-state index < -0.39 is 17.9 Å². The van der Waals surface area contributed by atoms with E-state index in [2.05, 4.69) is 44.2 Å². The summed E-state index contributed by atoms with van der Waals surface area (Å²) in [4.78, 5) is 52.8. The Morgan fingerprint density at radius 2 is 1.24 bits per heavy atom. The lowest BCUT2D eigenvalue weighted by atomic mass is 10.3. The molecule has 0 aromatic carbocycles. The highest BCUT2D eigenvalue weighted by molar-refractivity contribution is 5.89. The number of pyridine rings is 3. The fourth-order valence-electron chi connectivity index (χ4n) is 2.24. The molecule has 0 fully saturated rings. The summed E-state index contributed by atoms with van der Waals surface area (Å²) in [6, 6.07) is 8.82. The number of aromatic carboxylic acids is 1. The topological polar surface area (TPSA) is 187 Å². The molecule has 224 valence electrons. The molecule has 0 spiro atoms. The summed E-state index contributed by atoms with van der Waals surface area (Å²) in [5, 5.41) is 16.3. The van der Waals surface area contributed by atoms with Crippen LogP contribution in [0.15, 0.2) is 97.7 Å². The van der Waals surface area contributed by atoms with Gasteiger partial charge in [-0.2, -0.15) is 0 Å². The second-order valence-electron chi connectivity index (χ2n) is 7.17. The van der Waals surface area contributed by atoms with Crippen LogP contribution in [0.4, 0.5) is 0 Å². The lowest BCUT2D eigenvalue weighted by molar-refractivity contribution is 0.0591. The summed E-state index contributed by atoms with van der Waals surface area (Å²) >= 11 is 0. The number of rotatable bonds is 10. The van der Waals surface area contributed by atoms with Gasteiger partial charge in [-0.1, -0.05) is 31.4 Å². The molecule has 42 heavy (non-hydrogen) atoms. The normalized spacial score (nSPS) is 8.93. The van der Waals surface area contributed by atoms with Gasteiger partial charge in [0.1, 0.15) is 13.2 Å². The second-order valence-corrected chi connectivity index (χ2v) is 7.17. The highest BCUT2D eigenvalue weighted by atomic mass is 16.5. The number of methoxy groups -OCH3 is 2. The van der Waals surface area contributed by atoms with Crippen LogP contribution in [0.25, 0.3) is 0 Å². The number of esters is 2. The molecule has 3 heterocycles. The molecule has 0 radical (unpaired) electrons. The van der Waals surface area contributed by atoms with E-state index in [9.17, 15) is 19.2 Å². The SMILES string of the molecule is C=CCO.C=CCOc1ccc(C(=O)O)cn1.C=CCOc1ccc(C(=O)OC)cn1.COC(=O)c1ccc(=O)[nH]c1. The molecule has 13 nitrogen and oxygen atoms in total. The summed E-state index contributed by atoms with van der Waals surface area (Å²) in [7, 11) is 2.61. The van der Waals surface area contributed by atoms with Gasteiger partial charge in [-0.05, 0) is 18.2 Å². The fraction of sp³-hybridized carbons (Fsp3) is 0.172. The Labute approximate surface area is 242 Å². The Morgan fingerprint density at radius 3 is 1.57 bits per heavy atom. The first-order valence-electron chi connectivity index (χ1n) is 11.9. The molecule has 3 rings (SSSR count). The van der Waals surface area contributed by atoms with Crippen LogP contribution in [0, 0.1) is 0 Å². The Balaban J connectivity index is 0.000000567. The summed E-state index contributed by atoms with van der Waals surface area (Å²) in [5.41, 5.74) is 0.647. The van der Waals surface area contributed by atoms with Gasteiger partial charge < -0.3 is 34.1 Å². The third-order valence-electron chi connectivity index (χ3n) is 4.17. The maximum absolute atomic E-state index is 11.0. The van der Waals surface area contributed by atoms with E-state index in [4.69, 9.17) is 19.7 Å². The maximum atomic E-state index is 11.0. The average Bonchev–Trinajstić information content (AvgIpc) is 3.03. The Kier molecular flexibility index (Phi) is 19.3. The number of hydrogen-bond donors (Lipinski definition) is 3. The predicted octanol–water partition coefficient (Wildman–Crippen LogP) is 3.10. The van der Waals surface area contributed by atoms with E-state index in [1.807, 2.05) is 0 Å². The minimum Gasteiger partial charge on any atom is -0.478 e. The highest BCUT2D eigenvalue weighted by Crippen LogP contribution is 2.08. The first kappa shape index (κ1) is 36.4. The number of H-pyrrole nitrogens is 1. The molecule has 0 aliphatic rings. The van der Waals surface area contributed by atoms with Gasteiger partial charge in [0.05, 0.1) is 37.5 Å². The Hall–Kier alpha value is -5.56. The quantitative estimate of drug-likeness (QED) is 0.234. The van der Waals surface area contributed by atoms with Crippen molar-refractivity contribution in [3.05, 3.63) is 120 Å². The second kappa shape index (κ2) is 22.3. The first-order chi connectivity index (χ1) is 20.2. The van der Waals surface area contributed by atoms with E-state index >= 15 is 0 Å². The van der Waals surface area contributed by atoms with Crippen molar-refractivity contribution in [3.63, 3.8) is 0 Å². The van der Waals surface area contributed by atoms with Crippen molar-refractivity contribution < 1.29 is 43.5 Å². The lowest BCUT2D eigenvalue weighted by Gasteiger charge is -2.02. The van der Waals surface area contributed by atoms with Crippen molar-refractivity contribution in [1.29, 1.82) is 0 Å². The third-order valence-corrected chi connectivity index (χ3v) is 4.17. The molecular weight excluding hydrogens is 550 g/mol. The minimum atomic E-state index is -0.997. The van der Waals surface area contributed by atoms with Crippen molar-refractivity contribution in [2.75, 3.05) is 34.0 Å². The third kappa shape index (κ3) is 15.8. The lowest BCUT2D eigenvalue weighted by Crippen LogP contribution is -2.07. The van der Waals surface area contributed by atoms with Crippen LogP contribution in [-0.4, -0.2) is 77.1 Å². The van der Waals surface area contributed by atoms with Crippen molar-refractivity contribution >= 4 is 17.9 Å². The van der Waals surface area contributed by atoms with Crippen LogP contribution < -0.4 is 15.0 Å². The summed E-state index contributed by atoms with van der Waals surface area (Å²) in [6.07, 6.45) is 8.61. The Morgan fingerprint density at radius 1 is 0.786 bits per heavy atom. The molecule has 0 unspecified atom stereocenters. The number of carboxylic acids is 1. The van der Waals surface area contributed by atoms with E-state index in [0.717, 1.165) is 0 Å². The number of nitrogens with zero attached hydrogens (tertiary/aromatic N) is 2. The van der Waals surface area contributed by atoms with Gasteiger partial charge in [0, 0.05) is 36.8 Å². The summed E-state index contributed by atoms with van der Waals surface area (Å²) in [5.74, 6) is -1.01. The monoisotopic (exact) mass is 583 g/mol. The van der Waals surface area contributed by atoms with Crippen LogP contribution >= 0.6 is 0 Å². The number of ether oxygens (including phenoxy) is 4. The standard InChI is InChI=1S/C10H11NO3.C9H9NO3.C7H7NO3.C3H6O/c1-3-6-14-9-5-4-8(7-11-9)10(12)13-2;1-2-5-13-8-4-3-7(6-10-8)9(11)12;1-11-7(10)5-2-3-6(9)8-4-5;1-2-3-4/h3-5,7H,1,6H2,2H3;2-4,6H,1,5H2,(H,11,12);2-4H,1H3,(H,8,9);2,4H,1,3H2. The molecule has 0 aliphatic heterocycles. The van der Waals surface area contributed by atoms with Crippen LogP contribution in [0.3, 0.4) is 0 Å². The maximum Gasteiger partial charge on any atom is 0.339 e. The molecule has 3 aromatic rings. The van der Waals surface area contributed by atoms with Crippen molar-refractivity contribution in [3.8, 4) is 11.8 Å². The molecule has 13 heteroatoms. The highest BCUT2D eigenvalue weighted by Gasteiger charge is 2.05. The number of aliphatic hydroxyl groups is 1. The molecule has 0 aliphatic carbocycles. The van der Waals surface area contributed by atoms with E-state index in [1.165, 1.54) is 63.2 Å². The Bertz CT molecular complexity index is 1300. The number of carbonyl (C=O) groups excluding carboxylic acids is 2. The average molecular weight is 584 g/mol. The number of aliphatic hydroxyl groups excluding tert-OH is 1. The van der Waals surface area contributed by atoms with Gasteiger partial charge in [0.15, 0.2) is 0 Å². The van der Waals surface area contributed by atoms with Gasteiger partial charge in [-0.15, -0.1) is 6.58 Å². The number of hydrogen-bond acceptors (Lipinski definition) is 11. The van der Waals surface area contributed by atoms with Gasteiger partial charge in [0.2, 0.25) is 17.3 Å². The van der Waals surface area contributed by atoms with Gasteiger partial charge >= 0.3 is 17.9 Å². The zero-order valence-corrected chi connectivity index (χ0v) is 23.2.